The molecule has 92 valence electrons. The standard InChI is InChI=1S/C11H16N4OS/c1-7(2)10(8-4-3-5-17-8)13-11-15-14-9(6-12)16-11/h3-5,7,10H,6,12H2,1-2H3,(H,13,15). The SMILES string of the molecule is CC(C)C(Nc1nnc(CN)o1)c1cccs1. The highest BCUT2D eigenvalue weighted by Crippen LogP contribution is 2.29. The van der Waals surface area contributed by atoms with Gasteiger partial charge in [-0.05, 0) is 17.4 Å². The van der Waals surface area contributed by atoms with Crippen LogP contribution in [-0.2, 0) is 6.54 Å². The third kappa shape index (κ3) is 2.83. The third-order valence-electron chi connectivity index (χ3n) is 2.44. The summed E-state index contributed by atoms with van der Waals surface area (Å²) in [5, 5.41) is 13.1. The van der Waals surface area contributed by atoms with E-state index in [9.17, 15) is 0 Å². The maximum Gasteiger partial charge on any atom is 0.316 e. The van der Waals surface area contributed by atoms with E-state index in [1.165, 1.54) is 4.88 Å². The van der Waals surface area contributed by atoms with Crippen molar-refractivity contribution in [2.75, 3.05) is 5.32 Å². The quantitative estimate of drug-likeness (QED) is 0.854. The normalized spacial score (nSPS) is 12.9. The van der Waals surface area contributed by atoms with Gasteiger partial charge in [-0.1, -0.05) is 25.0 Å². The van der Waals surface area contributed by atoms with E-state index in [-0.39, 0.29) is 12.6 Å². The lowest BCUT2D eigenvalue weighted by molar-refractivity contribution is 0.480. The number of hydrogen-bond acceptors (Lipinski definition) is 6. The maximum absolute atomic E-state index is 5.43. The van der Waals surface area contributed by atoms with Crippen molar-refractivity contribution in [1.82, 2.24) is 10.2 Å². The van der Waals surface area contributed by atoms with Crippen LogP contribution in [0.4, 0.5) is 6.01 Å². The number of nitrogens with one attached hydrogen (secondary N) is 1. The lowest BCUT2D eigenvalue weighted by Crippen LogP contribution is -2.15. The minimum Gasteiger partial charge on any atom is -0.407 e. The minimum absolute atomic E-state index is 0.182. The molecule has 2 rings (SSSR count). The molecule has 0 aliphatic rings. The number of aromatic nitrogens is 2. The summed E-state index contributed by atoms with van der Waals surface area (Å²) in [5.41, 5.74) is 5.43. The minimum atomic E-state index is 0.182. The Morgan fingerprint density at radius 2 is 2.29 bits per heavy atom. The van der Waals surface area contributed by atoms with Gasteiger partial charge in [0.2, 0.25) is 5.89 Å². The van der Waals surface area contributed by atoms with E-state index >= 15 is 0 Å². The van der Waals surface area contributed by atoms with Crippen molar-refractivity contribution in [3.63, 3.8) is 0 Å². The first-order chi connectivity index (χ1) is 8.20. The molecule has 5 nitrogen and oxygen atoms in total. The summed E-state index contributed by atoms with van der Waals surface area (Å²) in [6, 6.07) is 4.75. The van der Waals surface area contributed by atoms with Gasteiger partial charge in [0.25, 0.3) is 0 Å². The molecule has 0 aliphatic heterocycles. The fraction of sp³-hybridized carbons (Fsp3) is 0.455. The molecule has 17 heavy (non-hydrogen) atoms. The largest absolute Gasteiger partial charge is 0.407 e. The molecule has 0 fully saturated rings. The second kappa shape index (κ2) is 5.29. The number of hydrogen-bond donors (Lipinski definition) is 2. The van der Waals surface area contributed by atoms with Crippen LogP contribution in [0, 0.1) is 5.92 Å². The van der Waals surface area contributed by atoms with Gasteiger partial charge in [0, 0.05) is 4.88 Å². The van der Waals surface area contributed by atoms with E-state index in [1.54, 1.807) is 11.3 Å². The average Bonchev–Trinajstić information content (AvgIpc) is 2.96. The molecule has 2 aromatic rings. The maximum atomic E-state index is 5.43. The van der Waals surface area contributed by atoms with E-state index in [0.717, 1.165) is 0 Å². The van der Waals surface area contributed by atoms with Crippen LogP contribution in [0.25, 0.3) is 0 Å². The Morgan fingerprint density at radius 3 is 2.82 bits per heavy atom. The van der Waals surface area contributed by atoms with Gasteiger partial charge in [-0.15, -0.1) is 16.4 Å². The van der Waals surface area contributed by atoms with Crippen molar-refractivity contribution in [1.29, 1.82) is 0 Å². The van der Waals surface area contributed by atoms with Crippen molar-refractivity contribution < 1.29 is 4.42 Å². The molecule has 2 aromatic heterocycles. The molecule has 0 amide bonds. The van der Waals surface area contributed by atoms with Gasteiger partial charge in [-0.3, -0.25) is 0 Å². The summed E-state index contributed by atoms with van der Waals surface area (Å²) in [6.45, 7) is 4.56. The highest BCUT2D eigenvalue weighted by atomic mass is 32.1. The molecule has 0 radical (unpaired) electrons. The summed E-state index contributed by atoms with van der Waals surface area (Å²) in [7, 11) is 0. The summed E-state index contributed by atoms with van der Waals surface area (Å²) in [4.78, 5) is 1.26. The van der Waals surface area contributed by atoms with Crippen LogP contribution in [0.1, 0.15) is 30.7 Å². The fourth-order valence-corrected chi connectivity index (χ4v) is 2.51. The van der Waals surface area contributed by atoms with Gasteiger partial charge in [0.1, 0.15) is 0 Å². The van der Waals surface area contributed by atoms with Crippen molar-refractivity contribution >= 4 is 17.4 Å². The van der Waals surface area contributed by atoms with E-state index in [2.05, 4.69) is 40.8 Å². The van der Waals surface area contributed by atoms with Gasteiger partial charge in [-0.2, -0.15) is 0 Å². The van der Waals surface area contributed by atoms with E-state index in [1.807, 2.05) is 6.07 Å². The molecule has 0 spiro atoms. The highest BCUT2D eigenvalue weighted by Gasteiger charge is 2.19. The van der Waals surface area contributed by atoms with Crippen molar-refractivity contribution in [2.45, 2.75) is 26.4 Å². The van der Waals surface area contributed by atoms with Crippen molar-refractivity contribution in [3.8, 4) is 0 Å². The number of rotatable bonds is 5. The monoisotopic (exact) mass is 252 g/mol. The fourth-order valence-electron chi connectivity index (χ4n) is 1.56. The zero-order valence-corrected chi connectivity index (χ0v) is 10.7. The Bertz CT molecular complexity index is 452. The molecule has 1 atom stereocenters. The number of thiophene rings is 1. The van der Waals surface area contributed by atoms with Crippen LogP contribution in [0.3, 0.4) is 0 Å². The number of nitrogens with two attached hydrogens (primary N) is 1. The average molecular weight is 252 g/mol. The summed E-state index contributed by atoms with van der Waals surface area (Å²) in [5.74, 6) is 0.878. The number of nitrogens with zero attached hydrogens (tertiary/aromatic N) is 2. The van der Waals surface area contributed by atoms with Crippen LogP contribution in [-0.4, -0.2) is 10.2 Å². The van der Waals surface area contributed by atoms with Crippen molar-refractivity contribution in [2.24, 2.45) is 11.7 Å². The van der Waals surface area contributed by atoms with Gasteiger partial charge in [-0.25, -0.2) is 0 Å². The van der Waals surface area contributed by atoms with Crippen LogP contribution in [0.15, 0.2) is 21.9 Å². The zero-order chi connectivity index (χ0) is 12.3. The van der Waals surface area contributed by atoms with Crippen molar-refractivity contribution in [3.05, 3.63) is 28.3 Å². The second-order valence-electron chi connectivity index (χ2n) is 4.09. The molecule has 0 aromatic carbocycles. The summed E-state index contributed by atoms with van der Waals surface area (Å²) in [6.07, 6.45) is 0. The molecular weight excluding hydrogens is 236 g/mol. The first kappa shape index (κ1) is 12.1. The first-order valence-corrected chi connectivity index (χ1v) is 6.41. The molecule has 3 N–H and O–H groups in total. The van der Waals surface area contributed by atoms with Crippen LogP contribution >= 0.6 is 11.3 Å². The Labute approximate surface area is 104 Å². The molecule has 0 saturated carbocycles. The predicted molar refractivity (Wildman–Crippen MR) is 67.7 cm³/mol. The lowest BCUT2D eigenvalue weighted by atomic mass is 10.0. The van der Waals surface area contributed by atoms with Gasteiger partial charge >= 0.3 is 6.01 Å². The number of anilines is 1. The van der Waals surface area contributed by atoms with Gasteiger partial charge < -0.3 is 15.5 Å². The van der Waals surface area contributed by atoms with E-state index < -0.39 is 0 Å². The Kier molecular flexibility index (Phi) is 3.75. The van der Waals surface area contributed by atoms with E-state index in [4.69, 9.17) is 10.2 Å². The smallest absolute Gasteiger partial charge is 0.316 e. The molecule has 0 bridgehead atoms. The highest BCUT2D eigenvalue weighted by molar-refractivity contribution is 7.10. The molecule has 2 heterocycles. The topological polar surface area (TPSA) is 77.0 Å². The summed E-state index contributed by atoms with van der Waals surface area (Å²) < 4.78 is 5.36. The molecular formula is C11H16N4OS. The second-order valence-corrected chi connectivity index (χ2v) is 5.07. The third-order valence-corrected chi connectivity index (χ3v) is 3.39. The van der Waals surface area contributed by atoms with E-state index in [0.29, 0.717) is 17.8 Å². The van der Waals surface area contributed by atoms with Gasteiger partial charge in [0.15, 0.2) is 0 Å². The zero-order valence-electron chi connectivity index (χ0n) is 9.88. The molecule has 1 unspecified atom stereocenters. The molecule has 0 aliphatic carbocycles. The van der Waals surface area contributed by atoms with Crippen LogP contribution in [0.2, 0.25) is 0 Å². The van der Waals surface area contributed by atoms with Crippen LogP contribution < -0.4 is 11.1 Å². The lowest BCUT2D eigenvalue weighted by Gasteiger charge is -2.19. The van der Waals surface area contributed by atoms with Gasteiger partial charge in [0.05, 0.1) is 12.6 Å². The van der Waals surface area contributed by atoms with Crippen LogP contribution in [0.5, 0.6) is 0 Å². The molecule has 0 saturated heterocycles. The molecule has 6 heteroatoms. The first-order valence-electron chi connectivity index (χ1n) is 5.53. The Morgan fingerprint density at radius 1 is 1.47 bits per heavy atom. The Balaban J connectivity index is 2.13. The summed E-state index contributed by atoms with van der Waals surface area (Å²) >= 11 is 1.71. The Hall–Kier alpha value is -1.40. The predicted octanol–water partition coefficient (Wildman–Crippen LogP) is 2.40.